The number of rotatable bonds is 6. The molecule has 0 unspecified atom stereocenters. The summed E-state index contributed by atoms with van der Waals surface area (Å²) in [5.41, 5.74) is 0.965. The lowest BCUT2D eigenvalue weighted by Crippen LogP contribution is -2.21. The second-order valence-electron chi connectivity index (χ2n) is 5.97. The van der Waals surface area contributed by atoms with E-state index in [0.717, 1.165) is 25.1 Å². The Bertz CT molecular complexity index is 867. The largest absolute Gasteiger partial charge is 0.416 e. The van der Waals surface area contributed by atoms with Crippen molar-refractivity contribution in [1.29, 1.82) is 0 Å². The van der Waals surface area contributed by atoms with Crippen molar-refractivity contribution in [2.75, 3.05) is 23.8 Å². The zero-order chi connectivity index (χ0) is 19.3. The van der Waals surface area contributed by atoms with Crippen LogP contribution in [0.5, 0.6) is 0 Å². The van der Waals surface area contributed by atoms with Gasteiger partial charge in [-0.1, -0.05) is 0 Å². The summed E-state index contributed by atoms with van der Waals surface area (Å²) in [5.74, 6) is 1.04. The molecule has 0 saturated carbocycles. The molecule has 1 aromatic carbocycles. The molecule has 1 N–H and O–H groups in total. The van der Waals surface area contributed by atoms with Crippen LogP contribution in [0.2, 0.25) is 0 Å². The highest BCUT2D eigenvalue weighted by atomic mass is 19.4. The Morgan fingerprint density at radius 2 is 1.67 bits per heavy atom. The molecule has 140 valence electrons. The maximum Gasteiger partial charge on any atom is 0.416 e. The first kappa shape index (κ1) is 18.6. The Kier molecular flexibility index (Phi) is 5.54. The molecule has 0 bridgehead atoms. The van der Waals surface area contributed by atoms with Gasteiger partial charge in [-0.15, -0.1) is 0 Å². The Balaban J connectivity index is 1.64. The van der Waals surface area contributed by atoms with Gasteiger partial charge in [0.25, 0.3) is 0 Å². The van der Waals surface area contributed by atoms with Gasteiger partial charge < -0.3 is 10.2 Å². The molecule has 27 heavy (non-hydrogen) atoms. The lowest BCUT2D eigenvalue weighted by atomic mass is 10.2. The molecule has 0 aliphatic heterocycles. The van der Waals surface area contributed by atoms with E-state index in [2.05, 4.69) is 20.3 Å². The number of likely N-dealkylation sites (N-methyl/N-ethyl adjacent to an activating group) is 1. The monoisotopic (exact) mass is 373 g/mol. The van der Waals surface area contributed by atoms with E-state index in [1.54, 1.807) is 24.7 Å². The van der Waals surface area contributed by atoms with Gasteiger partial charge >= 0.3 is 6.18 Å². The van der Waals surface area contributed by atoms with Gasteiger partial charge in [0.2, 0.25) is 5.95 Å². The summed E-state index contributed by atoms with van der Waals surface area (Å²) >= 11 is 0. The lowest BCUT2D eigenvalue weighted by Gasteiger charge is -2.18. The van der Waals surface area contributed by atoms with E-state index in [1.807, 2.05) is 24.1 Å². The fraction of sp³-hybridized carbons (Fsp3) is 0.211. The van der Waals surface area contributed by atoms with E-state index in [9.17, 15) is 13.2 Å². The van der Waals surface area contributed by atoms with E-state index < -0.39 is 11.7 Å². The van der Waals surface area contributed by atoms with Crippen LogP contribution in [0.4, 0.5) is 30.6 Å². The Hall–Kier alpha value is -3.16. The summed E-state index contributed by atoms with van der Waals surface area (Å²) in [5, 5.41) is 2.93. The minimum absolute atomic E-state index is 0.322. The number of anilines is 3. The Labute approximate surface area is 154 Å². The summed E-state index contributed by atoms with van der Waals surface area (Å²) in [6.07, 6.45) is 1.60. The van der Waals surface area contributed by atoms with E-state index in [1.165, 1.54) is 17.7 Å². The van der Waals surface area contributed by atoms with Crippen LogP contribution in [-0.4, -0.2) is 28.5 Å². The molecule has 0 atom stereocenters. The van der Waals surface area contributed by atoms with Crippen molar-refractivity contribution in [3.63, 3.8) is 0 Å². The second kappa shape index (κ2) is 8.03. The van der Waals surface area contributed by atoms with Crippen molar-refractivity contribution in [2.24, 2.45) is 0 Å². The highest BCUT2D eigenvalue weighted by molar-refractivity contribution is 5.55. The molecule has 8 heteroatoms. The van der Waals surface area contributed by atoms with Crippen molar-refractivity contribution in [2.45, 2.75) is 12.6 Å². The molecule has 0 amide bonds. The van der Waals surface area contributed by atoms with Crippen LogP contribution in [0.15, 0.2) is 61.1 Å². The SMILES string of the molecule is CN(CCc1ccncc1)c1ccnc(Nc2ccc(C(F)(F)F)cc2)n1. The number of nitrogens with one attached hydrogen (secondary N) is 1. The molecule has 0 aliphatic carbocycles. The lowest BCUT2D eigenvalue weighted by molar-refractivity contribution is -0.137. The number of hydrogen-bond acceptors (Lipinski definition) is 5. The van der Waals surface area contributed by atoms with Gasteiger partial charge in [0.15, 0.2) is 0 Å². The Morgan fingerprint density at radius 1 is 0.963 bits per heavy atom. The third-order valence-corrected chi connectivity index (χ3v) is 3.99. The van der Waals surface area contributed by atoms with Crippen molar-refractivity contribution in [1.82, 2.24) is 15.0 Å². The minimum atomic E-state index is -4.35. The molecular formula is C19H18F3N5. The summed E-state index contributed by atoms with van der Waals surface area (Å²) in [4.78, 5) is 14.5. The standard InChI is InChI=1S/C19H18F3N5/c1-27(13-9-14-6-10-23-11-7-14)17-8-12-24-18(26-17)25-16-4-2-15(3-5-16)19(20,21)22/h2-8,10-12H,9,13H2,1H3,(H,24,25,26). The average Bonchev–Trinajstić information content (AvgIpc) is 2.67. The van der Waals surface area contributed by atoms with Crippen molar-refractivity contribution in [3.05, 3.63) is 72.2 Å². The first-order valence-electron chi connectivity index (χ1n) is 8.29. The molecular weight excluding hydrogens is 355 g/mol. The first-order valence-corrected chi connectivity index (χ1v) is 8.29. The van der Waals surface area contributed by atoms with Crippen molar-refractivity contribution >= 4 is 17.5 Å². The summed E-state index contributed by atoms with van der Waals surface area (Å²) in [6.45, 7) is 0.751. The fourth-order valence-corrected chi connectivity index (χ4v) is 2.45. The fourth-order valence-electron chi connectivity index (χ4n) is 2.45. The number of nitrogens with zero attached hydrogens (tertiary/aromatic N) is 4. The van der Waals surface area contributed by atoms with Crippen LogP contribution >= 0.6 is 0 Å². The number of benzene rings is 1. The highest BCUT2D eigenvalue weighted by Gasteiger charge is 2.29. The number of pyridine rings is 1. The molecule has 2 heterocycles. The number of aromatic nitrogens is 3. The van der Waals surface area contributed by atoms with Crippen LogP contribution < -0.4 is 10.2 Å². The van der Waals surface area contributed by atoms with Gasteiger partial charge in [-0.05, 0) is 54.4 Å². The third kappa shape index (κ3) is 5.16. The van der Waals surface area contributed by atoms with E-state index >= 15 is 0 Å². The van der Waals surface area contributed by atoms with Crippen molar-refractivity contribution in [3.8, 4) is 0 Å². The Morgan fingerprint density at radius 3 is 2.33 bits per heavy atom. The smallest absolute Gasteiger partial charge is 0.359 e. The first-order chi connectivity index (χ1) is 12.9. The van der Waals surface area contributed by atoms with Crippen LogP contribution in [0.1, 0.15) is 11.1 Å². The molecule has 0 radical (unpaired) electrons. The normalized spacial score (nSPS) is 11.3. The van der Waals surface area contributed by atoms with E-state index in [4.69, 9.17) is 0 Å². The van der Waals surface area contributed by atoms with Gasteiger partial charge in [0, 0.05) is 37.9 Å². The average molecular weight is 373 g/mol. The number of hydrogen-bond donors (Lipinski definition) is 1. The molecule has 0 fully saturated rings. The maximum absolute atomic E-state index is 12.6. The highest BCUT2D eigenvalue weighted by Crippen LogP contribution is 2.30. The zero-order valence-corrected chi connectivity index (χ0v) is 14.6. The number of alkyl halides is 3. The van der Waals surface area contributed by atoms with E-state index in [0.29, 0.717) is 17.5 Å². The summed E-state index contributed by atoms with van der Waals surface area (Å²) in [6, 6.07) is 10.5. The quantitative estimate of drug-likeness (QED) is 0.698. The molecule has 3 rings (SSSR count). The van der Waals surface area contributed by atoms with Gasteiger partial charge in [-0.2, -0.15) is 18.2 Å². The van der Waals surface area contributed by atoms with Gasteiger partial charge in [-0.3, -0.25) is 4.98 Å². The van der Waals surface area contributed by atoms with Gasteiger partial charge in [-0.25, -0.2) is 4.98 Å². The van der Waals surface area contributed by atoms with Crippen LogP contribution in [-0.2, 0) is 12.6 Å². The van der Waals surface area contributed by atoms with Gasteiger partial charge in [0.05, 0.1) is 5.56 Å². The topological polar surface area (TPSA) is 53.9 Å². The van der Waals surface area contributed by atoms with Crippen LogP contribution in [0.3, 0.4) is 0 Å². The molecule has 0 spiro atoms. The van der Waals surface area contributed by atoms with Crippen LogP contribution in [0, 0.1) is 0 Å². The molecule has 0 saturated heterocycles. The summed E-state index contributed by atoms with van der Waals surface area (Å²) < 4.78 is 37.9. The van der Waals surface area contributed by atoms with Crippen molar-refractivity contribution < 1.29 is 13.2 Å². The zero-order valence-electron chi connectivity index (χ0n) is 14.6. The van der Waals surface area contributed by atoms with E-state index in [-0.39, 0.29) is 0 Å². The molecule has 2 aromatic heterocycles. The number of halogens is 3. The third-order valence-electron chi connectivity index (χ3n) is 3.99. The van der Waals surface area contributed by atoms with Crippen LogP contribution in [0.25, 0.3) is 0 Å². The maximum atomic E-state index is 12.6. The molecule has 0 aliphatic rings. The summed E-state index contributed by atoms with van der Waals surface area (Å²) in [7, 11) is 1.92. The predicted octanol–water partition coefficient (Wildman–Crippen LogP) is 4.31. The second-order valence-corrected chi connectivity index (χ2v) is 5.97. The van der Waals surface area contributed by atoms with Gasteiger partial charge in [0.1, 0.15) is 5.82 Å². The molecule has 5 nitrogen and oxygen atoms in total. The minimum Gasteiger partial charge on any atom is -0.359 e. The predicted molar refractivity (Wildman–Crippen MR) is 98.0 cm³/mol. The molecule has 3 aromatic rings.